The minimum Gasteiger partial charge on any atom is -0.352 e. The molecule has 2 aromatic rings. The first-order valence-electron chi connectivity index (χ1n) is 5.53. The van der Waals surface area contributed by atoms with Gasteiger partial charge in [-0.1, -0.05) is 0 Å². The molecule has 3 heterocycles. The molecule has 0 amide bonds. The molecule has 5 heteroatoms. The minimum atomic E-state index is 0.321. The van der Waals surface area contributed by atoms with Crippen molar-refractivity contribution in [2.45, 2.75) is 19.9 Å². The van der Waals surface area contributed by atoms with Gasteiger partial charge in [-0.2, -0.15) is 0 Å². The van der Waals surface area contributed by atoms with E-state index in [2.05, 4.69) is 26.3 Å². The molecule has 0 unspecified atom stereocenters. The highest BCUT2D eigenvalue weighted by Crippen LogP contribution is 2.28. The Morgan fingerprint density at radius 1 is 1.47 bits per heavy atom. The summed E-state index contributed by atoms with van der Waals surface area (Å²) in [6, 6.07) is 2.20. The van der Waals surface area contributed by atoms with Crippen molar-refractivity contribution in [3.63, 3.8) is 0 Å². The van der Waals surface area contributed by atoms with Crippen molar-refractivity contribution in [1.82, 2.24) is 9.97 Å². The predicted molar refractivity (Wildman–Crippen MR) is 70.9 cm³/mol. The van der Waals surface area contributed by atoms with Crippen LogP contribution in [0.25, 0.3) is 0 Å². The zero-order valence-electron chi connectivity index (χ0n) is 9.48. The molecule has 0 fully saturated rings. The number of fused-ring (bicyclic) bond motifs is 1. The van der Waals surface area contributed by atoms with Gasteiger partial charge in [0.2, 0.25) is 5.28 Å². The van der Waals surface area contributed by atoms with Crippen molar-refractivity contribution in [2.24, 2.45) is 0 Å². The Hall–Kier alpha value is -1.13. The minimum absolute atomic E-state index is 0.321. The van der Waals surface area contributed by atoms with Crippen molar-refractivity contribution in [2.75, 3.05) is 11.4 Å². The maximum atomic E-state index is 5.87. The summed E-state index contributed by atoms with van der Waals surface area (Å²) in [7, 11) is 0. The van der Waals surface area contributed by atoms with E-state index < -0.39 is 0 Å². The van der Waals surface area contributed by atoms with Gasteiger partial charge in [-0.15, -0.1) is 11.3 Å². The summed E-state index contributed by atoms with van der Waals surface area (Å²) < 4.78 is 0. The largest absolute Gasteiger partial charge is 0.352 e. The molecule has 1 aliphatic heterocycles. The third kappa shape index (κ3) is 2.03. The number of thiophene rings is 1. The first-order valence-corrected chi connectivity index (χ1v) is 6.79. The van der Waals surface area contributed by atoms with Crippen molar-refractivity contribution >= 4 is 28.8 Å². The highest BCUT2D eigenvalue weighted by molar-refractivity contribution is 7.10. The summed E-state index contributed by atoms with van der Waals surface area (Å²) in [5.41, 5.74) is 2.49. The molecule has 1 aliphatic rings. The summed E-state index contributed by atoms with van der Waals surface area (Å²) in [5.74, 6) is 0.960. The number of anilines is 1. The zero-order chi connectivity index (χ0) is 11.8. The Morgan fingerprint density at radius 2 is 2.35 bits per heavy atom. The topological polar surface area (TPSA) is 29.0 Å². The monoisotopic (exact) mass is 265 g/mol. The first kappa shape index (κ1) is 11.0. The van der Waals surface area contributed by atoms with Crippen LogP contribution in [0.15, 0.2) is 17.6 Å². The second-order valence-electron chi connectivity index (χ2n) is 4.19. The maximum absolute atomic E-state index is 5.87. The summed E-state index contributed by atoms with van der Waals surface area (Å²) in [5, 5.41) is 2.48. The van der Waals surface area contributed by atoms with Gasteiger partial charge in [0.15, 0.2) is 0 Å². The number of aromatic nitrogens is 2. The van der Waals surface area contributed by atoms with E-state index in [9.17, 15) is 0 Å². The summed E-state index contributed by atoms with van der Waals surface area (Å²) in [6.45, 7) is 3.95. The number of halogens is 1. The van der Waals surface area contributed by atoms with Gasteiger partial charge in [-0.05, 0) is 42.0 Å². The fraction of sp³-hybridized carbons (Fsp3) is 0.333. The van der Waals surface area contributed by atoms with E-state index in [1.807, 2.05) is 18.3 Å². The Bertz CT molecular complexity index is 552. The molecule has 0 atom stereocenters. The normalized spacial score (nSPS) is 14.8. The van der Waals surface area contributed by atoms with Crippen LogP contribution in [0, 0.1) is 6.92 Å². The molecule has 17 heavy (non-hydrogen) atoms. The summed E-state index contributed by atoms with van der Waals surface area (Å²) in [4.78, 5) is 12.1. The number of hydrogen-bond donors (Lipinski definition) is 0. The van der Waals surface area contributed by atoms with Crippen LogP contribution >= 0.6 is 22.9 Å². The highest BCUT2D eigenvalue weighted by atomic mass is 35.5. The van der Waals surface area contributed by atoms with Gasteiger partial charge in [0.1, 0.15) is 5.82 Å². The fourth-order valence-electron chi connectivity index (χ4n) is 2.16. The van der Waals surface area contributed by atoms with Crippen LogP contribution in [0.3, 0.4) is 0 Å². The van der Waals surface area contributed by atoms with Gasteiger partial charge in [0.25, 0.3) is 0 Å². The van der Waals surface area contributed by atoms with Crippen LogP contribution in [0.5, 0.6) is 0 Å². The Kier molecular flexibility index (Phi) is 2.76. The molecular formula is C12H12ClN3S. The maximum Gasteiger partial charge on any atom is 0.224 e. The van der Waals surface area contributed by atoms with Gasteiger partial charge in [-0.3, -0.25) is 0 Å². The van der Waals surface area contributed by atoms with Crippen molar-refractivity contribution in [3.05, 3.63) is 38.9 Å². The second kappa shape index (κ2) is 4.27. The molecule has 0 N–H and O–H groups in total. The SMILES string of the molecule is Cc1cnc(Cl)nc1N1CCc2sccc2C1. The van der Waals surface area contributed by atoms with Crippen LogP contribution in [0.1, 0.15) is 16.0 Å². The number of rotatable bonds is 1. The number of hydrogen-bond acceptors (Lipinski definition) is 4. The van der Waals surface area contributed by atoms with Crippen LogP contribution in [-0.2, 0) is 13.0 Å². The quantitative estimate of drug-likeness (QED) is 0.742. The molecule has 0 radical (unpaired) electrons. The third-order valence-electron chi connectivity index (χ3n) is 3.02. The van der Waals surface area contributed by atoms with Crippen LogP contribution in [0.2, 0.25) is 5.28 Å². The van der Waals surface area contributed by atoms with Gasteiger partial charge < -0.3 is 4.90 Å². The third-order valence-corrected chi connectivity index (χ3v) is 4.23. The molecule has 3 rings (SSSR count). The number of nitrogens with zero attached hydrogens (tertiary/aromatic N) is 3. The van der Waals surface area contributed by atoms with E-state index in [0.29, 0.717) is 5.28 Å². The van der Waals surface area contributed by atoms with E-state index in [1.54, 1.807) is 6.20 Å². The van der Waals surface area contributed by atoms with E-state index in [4.69, 9.17) is 11.6 Å². The molecule has 0 spiro atoms. The Balaban J connectivity index is 1.94. The summed E-state index contributed by atoms with van der Waals surface area (Å²) in [6.07, 6.45) is 2.88. The van der Waals surface area contributed by atoms with Gasteiger partial charge in [-0.25, -0.2) is 9.97 Å². The van der Waals surface area contributed by atoms with E-state index in [-0.39, 0.29) is 0 Å². The zero-order valence-corrected chi connectivity index (χ0v) is 11.1. The number of aryl methyl sites for hydroxylation is 1. The van der Waals surface area contributed by atoms with E-state index in [0.717, 1.165) is 30.9 Å². The van der Waals surface area contributed by atoms with Crippen molar-refractivity contribution < 1.29 is 0 Å². The van der Waals surface area contributed by atoms with Crippen LogP contribution < -0.4 is 4.90 Å². The lowest BCUT2D eigenvalue weighted by Gasteiger charge is -2.29. The average molecular weight is 266 g/mol. The second-order valence-corrected chi connectivity index (χ2v) is 5.52. The van der Waals surface area contributed by atoms with Gasteiger partial charge >= 0.3 is 0 Å². The van der Waals surface area contributed by atoms with Crippen molar-refractivity contribution in [1.29, 1.82) is 0 Å². The summed E-state index contributed by atoms with van der Waals surface area (Å²) >= 11 is 7.71. The Labute approximate surface area is 109 Å². The lowest BCUT2D eigenvalue weighted by Crippen LogP contribution is -2.30. The molecular weight excluding hydrogens is 254 g/mol. The Morgan fingerprint density at radius 3 is 3.24 bits per heavy atom. The predicted octanol–water partition coefficient (Wildman–Crippen LogP) is 3.06. The van der Waals surface area contributed by atoms with Gasteiger partial charge in [0, 0.05) is 29.7 Å². The molecule has 88 valence electrons. The average Bonchev–Trinajstić information content (AvgIpc) is 2.79. The molecule has 0 bridgehead atoms. The first-order chi connectivity index (χ1) is 8.24. The van der Waals surface area contributed by atoms with Crippen molar-refractivity contribution in [3.8, 4) is 0 Å². The molecule has 0 aliphatic carbocycles. The lowest BCUT2D eigenvalue weighted by atomic mass is 10.1. The molecule has 3 nitrogen and oxygen atoms in total. The van der Waals surface area contributed by atoms with Gasteiger partial charge in [0.05, 0.1) is 0 Å². The van der Waals surface area contributed by atoms with E-state index >= 15 is 0 Å². The molecule has 0 saturated heterocycles. The standard InChI is InChI=1S/C12H12ClN3S/c1-8-6-14-12(13)15-11(8)16-4-2-10-9(7-16)3-5-17-10/h3,5-6H,2,4,7H2,1H3. The van der Waals surface area contributed by atoms with Crippen LogP contribution in [-0.4, -0.2) is 16.5 Å². The molecule has 0 saturated carbocycles. The fourth-order valence-corrected chi connectivity index (χ4v) is 3.18. The molecule has 0 aromatic carbocycles. The van der Waals surface area contributed by atoms with E-state index in [1.165, 1.54) is 10.4 Å². The lowest BCUT2D eigenvalue weighted by molar-refractivity contribution is 0.727. The smallest absolute Gasteiger partial charge is 0.224 e. The molecule has 2 aromatic heterocycles. The van der Waals surface area contributed by atoms with Crippen LogP contribution in [0.4, 0.5) is 5.82 Å². The highest BCUT2D eigenvalue weighted by Gasteiger charge is 2.20.